The van der Waals surface area contributed by atoms with E-state index in [9.17, 15) is 4.79 Å². The summed E-state index contributed by atoms with van der Waals surface area (Å²) in [6.07, 6.45) is 1.42. The van der Waals surface area contributed by atoms with E-state index in [2.05, 4.69) is 10.2 Å². The van der Waals surface area contributed by atoms with Gasteiger partial charge in [-0.1, -0.05) is 0 Å². The summed E-state index contributed by atoms with van der Waals surface area (Å²) in [5, 5.41) is 7.71. The van der Waals surface area contributed by atoms with E-state index < -0.39 is 0 Å². The minimum absolute atomic E-state index is 0.244. The van der Waals surface area contributed by atoms with Crippen LogP contribution in [0, 0.1) is 6.92 Å². The third-order valence-electron chi connectivity index (χ3n) is 1.80. The van der Waals surface area contributed by atoms with E-state index in [0.717, 1.165) is 0 Å². The van der Waals surface area contributed by atoms with Crippen molar-refractivity contribution >= 4 is 5.78 Å². The number of carbonyl (C=O) groups excluding carboxylic acids is 1. The van der Waals surface area contributed by atoms with Gasteiger partial charge >= 0.3 is 0 Å². The third kappa shape index (κ3) is 1.44. The highest BCUT2D eigenvalue weighted by Gasteiger charge is 2.15. The summed E-state index contributed by atoms with van der Waals surface area (Å²) in [7, 11) is 1.66. The Morgan fingerprint density at radius 1 is 1.50 bits per heavy atom. The molecule has 0 N–H and O–H groups in total. The smallest absolute Gasteiger partial charge is 0.250 e. The number of rotatable bonds is 2. The largest absolute Gasteiger partial charge is 0.458 e. The van der Waals surface area contributed by atoms with Crippen molar-refractivity contribution in [3.8, 4) is 0 Å². The lowest BCUT2D eigenvalue weighted by atomic mass is 10.2. The second kappa shape index (κ2) is 3.10. The van der Waals surface area contributed by atoms with E-state index in [1.165, 1.54) is 11.0 Å². The summed E-state index contributed by atoms with van der Waals surface area (Å²) in [6.45, 7) is 1.79. The van der Waals surface area contributed by atoms with Crippen molar-refractivity contribution in [3.05, 3.63) is 35.5 Å². The van der Waals surface area contributed by atoms with Gasteiger partial charge in [-0.15, -0.1) is 5.10 Å². The highest BCUT2D eigenvalue weighted by molar-refractivity contribution is 6.05. The second-order valence-electron chi connectivity index (χ2n) is 2.96. The van der Waals surface area contributed by atoms with Gasteiger partial charge < -0.3 is 4.42 Å². The Hall–Kier alpha value is -1.91. The molecule has 0 bridgehead atoms. The minimum Gasteiger partial charge on any atom is -0.458 e. The number of ketones is 1. The molecule has 0 aliphatic carbocycles. The molecule has 0 radical (unpaired) electrons. The first-order valence-electron chi connectivity index (χ1n) is 4.14. The molecule has 0 fully saturated rings. The maximum atomic E-state index is 11.7. The molecule has 5 heteroatoms. The standard InChI is InChI=1S/C9H9N3O2/c1-6-3-4-8(14-6)9(13)7-5-10-12(2)11-7/h3-5H,1-2H3. The van der Waals surface area contributed by atoms with Crippen LogP contribution in [-0.4, -0.2) is 20.8 Å². The predicted octanol–water partition coefficient (Wildman–Crippen LogP) is 0.948. The Labute approximate surface area is 80.3 Å². The van der Waals surface area contributed by atoms with Crippen LogP contribution in [0.5, 0.6) is 0 Å². The molecule has 0 saturated carbocycles. The number of carbonyl (C=O) groups is 1. The molecule has 0 atom stereocenters. The molecule has 0 spiro atoms. The number of aromatic nitrogens is 3. The van der Waals surface area contributed by atoms with Crippen LogP contribution in [-0.2, 0) is 7.05 Å². The molecule has 72 valence electrons. The van der Waals surface area contributed by atoms with Crippen LogP contribution in [0.1, 0.15) is 22.0 Å². The Morgan fingerprint density at radius 3 is 2.79 bits per heavy atom. The lowest BCUT2D eigenvalue weighted by Gasteiger charge is -1.89. The fraction of sp³-hybridized carbons (Fsp3) is 0.222. The molecule has 0 aliphatic heterocycles. The Kier molecular flexibility index (Phi) is 1.92. The first-order chi connectivity index (χ1) is 6.66. The summed E-state index contributed by atoms with van der Waals surface area (Å²) in [4.78, 5) is 13.0. The van der Waals surface area contributed by atoms with Crippen molar-refractivity contribution in [1.29, 1.82) is 0 Å². The van der Waals surface area contributed by atoms with Crippen molar-refractivity contribution in [2.45, 2.75) is 6.92 Å². The lowest BCUT2D eigenvalue weighted by molar-refractivity contribution is 0.100. The maximum absolute atomic E-state index is 11.7. The number of furan rings is 1. The summed E-state index contributed by atoms with van der Waals surface area (Å²) in [6, 6.07) is 3.37. The Balaban J connectivity index is 2.33. The Bertz CT molecular complexity index is 428. The molecule has 0 aromatic carbocycles. The number of hydrogen-bond donors (Lipinski definition) is 0. The zero-order chi connectivity index (χ0) is 10.1. The average Bonchev–Trinajstić information content (AvgIpc) is 2.73. The summed E-state index contributed by atoms with van der Waals surface area (Å²) >= 11 is 0. The number of nitrogens with zero attached hydrogens (tertiary/aromatic N) is 3. The molecule has 0 amide bonds. The van der Waals surface area contributed by atoms with Crippen molar-refractivity contribution in [2.75, 3.05) is 0 Å². The molecule has 2 aromatic heterocycles. The van der Waals surface area contributed by atoms with Crippen LogP contribution in [0.2, 0.25) is 0 Å². The third-order valence-corrected chi connectivity index (χ3v) is 1.80. The molecule has 2 rings (SSSR count). The first kappa shape index (κ1) is 8.68. The monoisotopic (exact) mass is 191 g/mol. The zero-order valence-corrected chi connectivity index (χ0v) is 7.89. The fourth-order valence-electron chi connectivity index (χ4n) is 1.13. The Morgan fingerprint density at radius 2 is 2.29 bits per heavy atom. The van der Waals surface area contributed by atoms with Crippen molar-refractivity contribution in [1.82, 2.24) is 15.0 Å². The molecule has 0 saturated heterocycles. The van der Waals surface area contributed by atoms with Crippen molar-refractivity contribution in [3.63, 3.8) is 0 Å². The van der Waals surface area contributed by atoms with E-state index in [1.54, 1.807) is 26.1 Å². The minimum atomic E-state index is -0.244. The van der Waals surface area contributed by atoms with Gasteiger partial charge in [0.25, 0.3) is 0 Å². The second-order valence-corrected chi connectivity index (χ2v) is 2.96. The number of aryl methyl sites for hydroxylation is 2. The van der Waals surface area contributed by atoms with Gasteiger partial charge in [0.2, 0.25) is 5.78 Å². The topological polar surface area (TPSA) is 60.9 Å². The van der Waals surface area contributed by atoms with E-state index in [1.807, 2.05) is 0 Å². The van der Waals surface area contributed by atoms with Gasteiger partial charge in [0.1, 0.15) is 5.76 Å². The molecule has 14 heavy (non-hydrogen) atoms. The lowest BCUT2D eigenvalue weighted by Crippen LogP contribution is -2.02. The predicted molar refractivity (Wildman–Crippen MR) is 47.9 cm³/mol. The van der Waals surface area contributed by atoms with Crippen LogP contribution in [0.4, 0.5) is 0 Å². The molecule has 5 nitrogen and oxygen atoms in total. The maximum Gasteiger partial charge on any atom is 0.250 e. The van der Waals surface area contributed by atoms with Gasteiger partial charge in [-0.05, 0) is 19.1 Å². The molecule has 2 heterocycles. The normalized spacial score (nSPS) is 10.4. The zero-order valence-electron chi connectivity index (χ0n) is 7.89. The van der Waals surface area contributed by atoms with Gasteiger partial charge in [0, 0.05) is 7.05 Å². The quantitative estimate of drug-likeness (QED) is 0.663. The van der Waals surface area contributed by atoms with Gasteiger partial charge in [-0.2, -0.15) is 9.90 Å². The fourth-order valence-corrected chi connectivity index (χ4v) is 1.13. The van der Waals surface area contributed by atoms with E-state index in [0.29, 0.717) is 17.2 Å². The van der Waals surface area contributed by atoms with Crippen LogP contribution >= 0.6 is 0 Å². The van der Waals surface area contributed by atoms with Crippen LogP contribution < -0.4 is 0 Å². The van der Waals surface area contributed by atoms with Crippen LogP contribution in [0.15, 0.2) is 22.7 Å². The van der Waals surface area contributed by atoms with E-state index >= 15 is 0 Å². The number of hydrogen-bond acceptors (Lipinski definition) is 4. The van der Waals surface area contributed by atoms with E-state index in [-0.39, 0.29) is 5.78 Å². The highest BCUT2D eigenvalue weighted by atomic mass is 16.3. The van der Waals surface area contributed by atoms with E-state index in [4.69, 9.17) is 4.42 Å². The van der Waals surface area contributed by atoms with Crippen LogP contribution in [0.3, 0.4) is 0 Å². The molecular formula is C9H9N3O2. The molecule has 0 aliphatic rings. The SMILES string of the molecule is Cc1ccc(C(=O)c2cnn(C)n2)o1. The molecule has 0 unspecified atom stereocenters. The van der Waals surface area contributed by atoms with Crippen LogP contribution in [0.25, 0.3) is 0 Å². The van der Waals surface area contributed by atoms with Crippen molar-refractivity contribution in [2.24, 2.45) is 7.05 Å². The highest BCUT2D eigenvalue weighted by Crippen LogP contribution is 2.10. The van der Waals surface area contributed by atoms with Gasteiger partial charge in [0.05, 0.1) is 6.20 Å². The van der Waals surface area contributed by atoms with Gasteiger partial charge in [0.15, 0.2) is 11.5 Å². The van der Waals surface area contributed by atoms with Crippen molar-refractivity contribution < 1.29 is 9.21 Å². The summed E-state index contributed by atoms with van der Waals surface area (Å²) in [5.74, 6) is 0.756. The molecule has 2 aromatic rings. The summed E-state index contributed by atoms with van der Waals surface area (Å²) in [5.41, 5.74) is 0.293. The molecular weight excluding hydrogens is 182 g/mol. The average molecular weight is 191 g/mol. The van der Waals surface area contributed by atoms with Gasteiger partial charge in [-0.3, -0.25) is 4.79 Å². The summed E-state index contributed by atoms with van der Waals surface area (Å²) < 4.78 is 5.18. The van der Waals surface area contributed by atoms with Gasteiger partial charge in [-0.25, -0.2) is 0 Å². The first-order valence-corrected chi connectivity index (χ1v) is 4.14.